The highest BCUT2D eigenvalue weighted by molar-refractivity contribution is 7.99. The first-order valence-corrected chi connectivity index (χ1v) is 12.4. The first kappa shape index (κ1) is 21.2. The number of hydrogen-bond acceptors (Lipinski definition) is 5. The van der Waals surface area contributed by atoms with Crippen molar-refractivity contribution in [2.75, 3.05) is 34.8 Å². The highest BCUT2D eigenvalue weighted by atomic mass is 32.2. The Balaban J connectivity index is 1.27. The molecular formula is C26H29N3O2S. The Hall–Kier alpha value is -2.70. The summed E-state index contributed by atoms with van der Waals surface area (Å²) in [5.41, 5.74) is 5.54. The number of rotatable bonds is 6. The summed E-state index contributed by atoms with van der Waals surface area (Å²) in [6.45, 7) is 6.05. The van der Waals surface area contributed by atoms with E-state index in [1.54, 1.807) is 6.26 Å². The van der Waals surface area contributed by atoms with E-state index in [-0.39, 0.29) is 5.91 Å². The Labute approximate surface area is 193 Å². The molecule has 1 N–H and O–H groups in total. The Morgan fingerprint density at radius 3 is 2.81 bits per heavy atom. The molecule has 3 heterocycles. The maximum absolute atomic E-state index is 13.1. The number of nitrogens with one attached hydrogen (secondary N) is 1. The van der Waals surface area contributed by atoms with E-state index >= 15 is 0 Å². The van der Waals surface area contributed by atoms with Gasteiger partial charge < -0.3 is 14.6 Å². The SMILES string of the molecule is CC1Cc2ccccc2N1Cc1ccoc1C(=O)Nc1cccc(CN2CCSCC2)c1. The minimum Gasteiger partial charge on any atom is -0.459 e. The average Bonchev–Trinajstić information content (AvgIpc) is 3.39. The first-order valence-electron chi connectivity index (χ1n) is 11.3. The number of para-hydroxylation sites is 1. The summed E-state index contributed by atoms with van der Waals surface area (Å²) in [6.07, 6.45) is 2.64. The summed E-state index contributed by atoms with van der Waals surface area (Å²) in [4.78, 5) is 17.9. The molecule has 1 amide bonds. The average molecular weight is 448 g/mol. The number of nitrogens with zero attached hydrogens (tertiary/aromatic N) is 2. The van der Waals surface area contributed by atoms with Gasteiger partial charge in [-0.15, -0.1) is 0 Å². The van der Waals surface area contributed by atoms with Crippen LogP contribution in [0.4, 0.5) is 11.4 Å². The van der Waals surface area contributed by atoms with Gasteiger partial charge in [0.2, 0.25) is 0 Å². The third-order valence-electron chi connectivity index (χ3n) is 6.34. The van der Waals surface area contributed by atoms with Crippen LogP contribution in [0.1, 0.15) is 34.2 Å². The molecule has 0 saturated carbocycles. The molecule has 6 heteroatoms. The van der Waals surface area contributed by atoms with Crippen LogP contribution in [0.25, 0.3) is 0 Å². The summed E-state index contributed by atoms with van der Waals surface area (Å²) in [5, 5.41) is 3.04. The van der Waals surface area contributed by atoms with Gasteiger partial charge in [-0.1, -0.05) is 30.3 Å². The zero-order valence-electron chi connectivity index (χ0n) is 18.4. The molecule has 0 radical (unpaired) electrons. The lowest BCUT2D eigenvalue weighted by molar-refractivity contribution is 0.0995. The third-order valence-corrected chi connectivity index (χ3v) is 7.28. The van der Waals surface area contributed by atoms with E-state index in [4.69, 9.17) is 4.42 Å². The van der Waals surface area contributed by atoms with Gasteiger partial charge in [0.15, 0.2) is 5.76 Å². The molecule has 3 aromatic rings. The van der Waals surface area contributed by atoms with Crippen LogP contribution in [0.2, 0.25) is 0 Å². The van der Waals surface area contributed by atoms with Gasteiger partial charge in [-0.05, 0) is 48.7 Å². The number of carbonyl (C=O) groups excluding carboxylic acids is 1. The fourth-order valence-electron chi connectivity index (χ4n) is 4.67. The summed E-state index contributed by atoms with van der Waals surface area (Å²) >= 11 is 2.02. The Morgan fingerprint density at radius 2 is 1.94 bits per heavy atom. The van der Waals surface area contributed by atoms with E-state index in [0.717, 1.165) is 37.3 Å². The first-order chi connectivity index (χ1) is 15.7. The second-order valence-electron chi connectivity index (χ2n) is 8.63. The smallest absolute Gasteiger partial charge is 0.291 e. The minimum absolute atomic E-state index is 0.198. The van der Waals surface area contributed by atoms with Gasteiger partial charge in [-0.25, -0.2) is 0 Å². The van der Waals surface area contributed by atoms with Crippen LogP contribution in [0, 0.1) is 0 Å². The number of amides is 1. The predicted molar refractivity (Wildman–Crippen MR) is 131 cm³/mol. The van der Waals surface area contributed by atoms with Gasteiger partial charge in [0.05, 0.1) is 6.26 Å². The lowest BCUT2D eigenvalue weighted by atomic mass is 10.1. The fourth-order valence-corrected chi connectivity index (χ4v) is 5.64. The van der Waals surface area contributed by atoms with Crippen molar-refractivity contribution in [2.45, 2.75) is 32.5 Å². The third kappa shape index (κ3) is 4.57. The molecule has 1 fully saturated rings. The van der Waals surface area contributed by atoms with Crippen molar-refractivity contribution in [3.05, 3.63) is 83.3 Å². The van der Waals surface area contributed by atoms with Crippen LogP contribution in [0.3, 0.4) is 0 Å². The molecule has 32 heavy (non-hydrogen) atoms. The van der Waals surface area contributed by atoms with E-state index in [1.165, 1.54) is 28.3 Å². The van der Waals surface area contributed by atoms with Crippen LogP contribution >= 0.6 is 11.8 Å². The highest BCUT2D eigenvalue weighted by Gasteiger charge is 2.27. The molecule has 1 atom stereocenters. The van der Waals surface area contributed by atoms with Crippen molar-refractivity contribution >= 4 is 29.0 Å². The molecule has 166 valence electrons. The molecule has 5 rings (SSSR count). The molecule has 2 aliphatic heterocycles. The van der Waals surface area contributed by atoms with Gasteiger partial charge in [0.25, 0.3) is 5.91 Å². The predicted octanol–water partition coefficient (Wildman–Crippen LogP) is 5.03. The van der Waals surface area contributed by atoms with E-state index in [1.807, 2.05) is 30.0 Å². The Bertz CT molecular complexity index is 1090. The van der Waals surface area contributed by atoms with Crippen LogP contribution in [0.5, 0.6) is 0 Å². The lowest BCUT2D eigenvalue weighted by Crippen LogP contribution is -2.31. The zero-order chi connectivity index (χ0) is 21.9. The van der Waals surface area contributed by atoms with Crippen molar-refractivity contribution in [3.8, 4) is 0 Å². The van der Waals surface area contributed by atoms with Crippen LogP contribution in [0.15, 0.2) is 65.3 Å². The maximum Gasteiger partial charge on any atom is 0.291 e. The van der Waals surface area contributed by atoms with E-state index in [0.29, 0.717) is 18.3 Å². The number of thioether (sulfide) groups is 1. The quantitative estimate of drug-likeness (QED) is 0.574. The van der Waals surface area contributed by atoms with Gasteiger partial charge >= 0.3 is 0 Å². The normalized spacial score (nSPS) is 18.5. The number of benzene rings is 2. The molecule has 1 saturated heterocycles. The molecule has 1 aromatic heterocycles. The number of anilines is 2. The minimum atomic E-state index is -0.198. The van der Waals surface area contributed by atoms with Crippen molar-refractivity contribution < 1.29 is 9.21 Å². The summed E-state index contributed by atoms with van der Waals surface area (Å²) in [5.74, 6) is 2.58. The number of fused-ring (bicyclic) bond motifs is 1. The molecule has 2 aliphatic rings. The van der Waals surface area contributed by atoms with E-state index < -0.39 is 0 Å². The standard InChI is InChI=1S/C26H29N3O2S/c1-19-15-21-6-2-3-8-24(21)29(19)18-22-9-12-31-25(22)26(30)27-23-7-4-5-20(16-23)17-28-10-13-32-14-11-28/h2-9,12,16,19H,10-11,13-15,17-18H2,1H3,(H,27,30). The summed E-state index contributed by atoms with van der Waals surface area (Å²) in [6, 6.07) is 19.0. The summed E-state index contributed by atoms with van der Waals surface area (Å²) in [7, 11) is 0. The fraction of sp³-hybridized carbons (Fsp3) is 0.346. The van der Waals surface area contributed by atoms with Crippen LogP contribution < -0.4 is 10.2 Å². The lowest BCUT2D eigenvalue weighted by Gasteiger charge is -2.26. The zero-order valence-corrected chi connectivity index (χ0v) is 19.2. The second kappa shape index (κ2) is 9.43. The molecule has 2 aromatic carbocycles. The monoisotopic (exact) mass is 447 g/mol. The van der Waals surface area contributed by atoms with Gasteiger partial charge in [0, 0.05) is 60.7 Å². The number of hydrogen-bond donors (Lipinski definition) is 1. The molecule has 0 bridgehead atoms. The van der Waals surface area contributed by atoms with Gasteiger partial charge in [0.1, 0.15) is 0 Å². The van der Waals surface area contributed by atoms with Crippen molar-refractivity contribution in [3.63, 3.8) is 0 Å². The highest BCUT2D eigenvalue weighted by Crippen LogP contribution is 2.33. The second-order valence-corrected chi connectivity index (χ2v) is 9.85. The van der Waals surface area contributed by atoms with Crippen LogP contribution in [-0.2, 0) is 19.5 Å². The molecular weight excluding hydrogens is 418 g/mol. The van der Waals surface area contributed by atoms with E-state index in [2.05, 4.69) is 58.4 Å². The molecule has 0 spiro atoms. The molecule has 0 aliphatic carbocycles. The summed E-state index contributed by atoms with van der Waals surface area (Å²) < 4.78 is 5.63. The maximum atomic E-state index is 13.1. The van der Waals surface area contributed by atoms with Gasteiger partial charge in [-0.2, -0.15) is 11.8 Å². The van der Waals surface area contributed by atoms with E-state index in [9.17, 15) is 4.79 Å². The number of carbonyl (C=O) groups is 1. The van der Waals surface area contributed by atoms with Crippen molar-refractivity contribution in [1.29, 1.82) is 0 Å². The molecule has 1 unspecified atom stereocenters. The number of furan rings is 1. The van der Waals surface area contributed by atoms with Gasteiger partial charge in [-0.3, -0.25) is 9.69 Å². The Kier molecular flexibility index (Phi) is 6.23. The molecule has 5 nitrogen and oxygen atoms in total. The van der Waals surface area contributed by atoms with Crippen LogP contribution in [-0.4, -0.2) is 41.4 Å². The topological polar surface area (TPSA) is 48.7 Å². The van der Waals surface area contributed by atoms with Crippen molar-refractivity contribution in [2.24, 2.45) is 0 Å². The van der Waals surface area contributed by atoms with Crippen molar-refractivity contribution in [1.82, 2.24) is 4.90 Å². The largest absolute Gasteiger partial charge is 0.459 e. The Morgan fingerprint density at radius 1 is 1.09 bits per heavy atom.